The van der Waals surface area contributed by atoms with E-state index in [4.69, 9.17) is 0 Å². The topological polar surface area (TPSA) is 17.8 Å². The Balaban J connectivity index is 0.000000461. The first-order valence-corrected chi connectivity index (χ1v) is 5.94. The molecule has 0 atom stereocenters. The predicted molar refractivity (Wildman–Crippen MR) is 60.5 cm³/mol. The van der Waals surface area contributed by atoms with Gasteiger partial charge in [-0.2, -0.15) is 5.10 Å². The van der Waals surface area contributed by atoms with E-state index >= 15 is 0 Å². The van der Waals surface area contributed by atoms with Crippen molar-refractivity contribution in [3.63, 3.8) is 0 Å². The van der Waals surface area contributed by atoms with E-state index in [9.17, 15) is 0 Å². The predicted octanol–water partition coefficient (Wildman–Crippen LogP) is 3.59. The standard InChI is InChI=1S/C10H16N2.C2H6/c1-2-9-7-8-12(11-9)10-5-3-4-6-10;1-2/h7-8,10H,2-6H2,1H3;1-2H3. The summed E-state index contributed by atoms with van der Waals surface area (Å²) >= 11 is 0. The van der Waals surface area contributed by atoms with Gasteiger partial charge in [0.05, 0.1) is 11.7 Å². The second-order valence-corrected chi connectivity index (χ2v) is 3.58. The summed E-state index contributed by atoms with van der Waals surface area (Å²) in [5.74, 6) is 0. The van der Waals surface area contributed by atoms with Crippen molar-refractivity contribution >= 4 is 0 Å². The third-order valence-corrected chi connectivity index (χ3v) is 2.72. The Morgan fingerprint density at radius 2 is 2.00 bits per heavy atom. The average molecular weight is 194 g/mol. The molecular weight excluding hydrogens is 172 g/mol. The van der Waals surface area contributed by atoms with Crippen LogP contribution in [0.3, 0.4) is 0 Å². The fourth-order valence-electron chi connectivity index (χ4n) is 1.94. The molecule has 0 N–H and O–H groups in total. The first-order valence-electron chi connectivity index (χ1n) is 5.94. The number of rotatable bonds is 2. The third-order valence-electron chi connectivity index (χ3n) is 2.72. The highest BCUT2D eigenvalue weighted by atomic mass is 15.3. The first-order chi connectivity index (χ1) is 6.90. The van der Waals surface area contributed by atoms with Crippen LogP contribution in [0.25, 0.3) is 0 Å². The van der Waals surface area contributed by atoms with Gasteiger partial charge in [-0.05, 0) is 25.3 Å². The molecule has 14 heavy (non-hydrogen) atoms. The van der Waals surface area contributed by atoms with Crippen molar-refractivity contribution in [3.8, 4) is 0 Å². The Morgan fingerprint density at radius 3 is 2.50 bits per heavy atom. The third kappa shape index (κ3) is 2.60. The fraction of sp³-hybridized carbons (Fsp3) is 0.750. The smallest absolute Gasteiger partial charge is 0.0621 e. The lowest BCUT2D eigenvalue weighted by Crippen LogP contribution is -2.05. The molecular formula is C12H22N2. The molecule has 0 aliphatic heterocycles. The van der Waals surface area contributed by atoms with Crippen molar-refractivity contribution in [2.45, 2.75) is 58.9 Å². The van der Waals surface area contributed by atoms with Crippen molar-refractivity contribution in [1.82, 2.24) is 9.78 Å². The highest BCUT2D eigenvalue weighted by molar-refractivity contribution is 4.99. The highest BCUT2D eigenvalue weighted by Crippen LogP contribution is 2.28. The molecule has 0 spiro atoms. The maximum Gasteiger partial charge on any atom is 0.0621 e. The largest absolute Gasteiger partial charge is 0.269 e. The number of hydrogen-bond acceptors (Lipinski definition) is 1. The van der Waals surface area contributed by atoms with Gasteiger partial charge in [0.25, 0.3) is 0 Å². The van der Waals surface area contributed by atoms with Gasteiger partial charge >= 0.3 is 0 Å². The minimum atomic E-state index is 0.699. The van der Waals surface area contributed by atoms with Crippen LogP contribution in [-0.4, -0.2) is 9.78 Å². The van der Waals surface area contributed by atoms with Gasteiger partial charge in [0, 0.05) is 6.20 Å². The van der Waals surface area contributed by atoms with Gasteiger partial charge in [0.1, 0.15) is 0 Å². The van der Waals surface area contributed by atoms with Gasteiger partial charge in [0.2, 0.25) is 0 Å². The minimum Gasteiger partial charge on any atom is -0.269 e. The summed E-state index contributed by atoms with van der Waals surface area (Å²) in [4.78, 5) is 0. The lowest BCUT2D eigenvalue weighted by molar-refractivity contribution is 0.463. The van der Waals surface area contributed by atoms with Gasteiger partial charge in [-0.1, -0.05) is 33.6 Å². The van der Waals surface area contributed by atoms with Gasteiger partial charge in [0.15, 0.2) is 0 Å². The van der Waals surface area contributed by atoms with Crippen LogP contribution in [0.1, 0.15) is 58.2 Å². The summed E-state index contributed by atoms with van der Waals surface area (Å²) < 4.78 is 2.16. The maximum atomic E-state index is 4.53. The molecule has 2 rings (SSSR count). The van der Waals surface area contributed by atoms with E-state index < -0.39 is 0 Å². The second kappa shape index (κ2) is 5.84. The molecule has 0 radical (unpaired) electrons. The molecule has 1 aliphatic carbocycles. The quantitative estimate of drug-likeness (QED) is 0.703. The van der Waals surface area contributed by atoms with Crippen LogP contribution in [0, 0.1) is 0 Å². The Hall–Kier alpha value is -0.790. The van der Waals surface area contributed by atoms with E-state index in [1.807, 2.05) is 13.8 Å². The van der Waals surface area contributed by atoms with Gasteiger partial charge in [-0.3, -0.25) is 4.68 Å². The van der Waals surface area contributed by atoms with Crippen LogP contribution in [0.2, 0.25) is 0 Å². The van der Waals surface area contributed by atoms with Crippen molar-refractivity contribution < 1.29 is 0 Å². The van der Waals surface area contributed by atoms with E-state index in [0.29, 0.717) is 6.04 Å². The molecule has 0 bridgehead atoms. The number of aryl methyl sites for hydroxylation is 1. The maximum absolute atomic E-state index is 4.53. The normalized spacial score (nSPS) is 16.5. The summed E-state index contributed by atoms with van der Waals surface area (Å²) in [7, 11) is 0. The van der Waals surface area contributed by atoms with Crippen molar-refractivity contribution in [2.75, 3.05) is 0 Å². The molecule has 1 aromatic rings. The summed E-state index contributed by atoms with van der Waals surface area (Å²) in [6.07, 6.45) is 8.60. The molecule has 2 nitrogen and oxygen atoms in total. The molecule has 0 unspecified atom stereocenters. The first kappa shape index (κ1) is 11.3. The Morgan fingerprint density at radius 1 is 1.36 bits per heavy atom. The SMILES string of the molecule is CC.CCc1ccn(C2CCCC2)n1. The van der Waals surface area contributed by atoms with Gasteiger partial charge in [-0.25, -0.2) is 0 Å². The Bertz CT molecular complexity index is 247. The molecule has 0 aromatic carbocycles. The molecule has 0 saturated heterocycles. The lowest BCUT2D eigenvalue weighted by Gasteiger charge is -2.08. The van der Waals surface area contributed by atoms with Crippen LogP contribution < -0.4 is 0 Å². The van der Waals surface area contributed by atoms with Crippen LogP contribution in [0.5, 0.6) is 0 Å². The zero-order valence-electron chi connectivity index (χ0n) is 9.66. The molecule has 1 fully saturated rings. The Kier molecular flexibility index (Phi) is 4.71. The molecule has 80 valence electrons. The number of aromatic nitrogens is 2. The van der Waals surface area contributed by atoms with Crippen LogP contribution >= 0.6 is 0 Å². The monoisotopic (exact) mass is 194 g/mol. The van der Waals surface area contributed by atoms with Gasteiger partial charge < -0.3 is 0 Å². The van der Waals surface area contributed by atoms with E-state index in [-0.39, 0.29) is 0 Å². The van der Waals surface area contributed by atoms with E-state index in [2.05, 4.69) is 29.0 Å². The molecule has 1 aromatic heterocycles. The second-order valence-electron chi connectivity index (χ2n) is 3.58. The fourth-order valence-corrected chi connectivity index (χ4v) is 1.94. The molecule has 0 amide bonds. The summed E-state index contributed by atoms with van der Waals surface area (Å²) in [6, 6.07) is 2.84. The summed E-state index contributed by atoms with van der Waals surface area (Å²) in [5, 5.41) is 4.53. The van der Waals surface area contributed by atoms with Crippen LogP contribution in [0.4, 0.5) is 0 Å². The van der Waals surface area contributed by atoms with E-state index in [1.165, 1.54) is 31.4 Å². The zero-order chi connectivity index (χ0) is 10.4. The van der Waals surface area contributed by atoms with E-state index in [1.54, 1.807) is 0 Å². The van der Waals surface area contributed by atoms with Crippen molar-refractivity contribution in [3.05, 3.63) is 18.0 Å². The minimum absolute atomic E-state index is 0.699. The molecule has 2 heteroatoms. The van der Waals surface area contributed by atoms with Crippen molar-refractivity contribution in [2.24, 2.45) is 0 Å². The van der Waals surface area contributed by atoms with Crippen LogP contribution in [0.15, 0.2) is 12.3 Å². The molecule has 1 aliphatic rings. The number of nitrogens with zero attached hydrogens (tertiary/aromatic N) is 2. The lowest BCUT2D eigenvalue weighted by atomic mass is 10.3. The molecule has 1 heterocycles. The van der Waals surface area contributed by atoms with Crippen molar-refractivity contribution in [1.29, 1.82) is 0 Å². The zero-order valence-corrected chi connectivity index (χ0v) is 9.66. The number of hydrogen-bond donors (Lipinski definition) is 0. The highest BCUT2D eigenvalue weighted by Gasteiger charge is 2.16. The molecule has 1 saturated carbocycles. The van der Waals surface area contributed by atoms with Crippen LogP contribution in [-0.2, 0) is 6.42 Å². The Labute approximate surface area is 87.3 Å². The van der Waals surface area contributed by atoms with E-state index in [0.717, 1.165) is 6.42 Å². The average Bonchev–Trinajstić information content (AvgIpc) is 2.91. The summed E-state index contributed by atoms with van der Waals surface area (Å²) in [6.45, 7) is 6.15. The summed E-state index contributed by atoms with van der Waals surface area (Å²) in [5.41, 5.74) is 1.22. The van der Waals surface area contributed by atoms with Gasteiger partial charge in [-0.15, -0.1) is 0 Å².